The van der Waals surface area contributed by atoms with E-state index in [9.17, 15) is 0 Å². The van der Waals surface area contributed by atoms with Gasteiger partial charge >= 0.3 is 0 Å². The summed E-state index contributed by atoms with van der Waals surface area (Å²) in [4.78, 5) is 2.58. The van der Waals surface area contributed by atoms with Crippen molar-refractivity contribution in [2.75, 3.05) is 6.54 Å². The Morgan fingerprint density at radius 2 is 2.31 bits per heavy atom. The fourth-order valence-electron chi connectivity index (χ4n) is 1.65. The first kappa shape index (κ1) is 13.2. The summed E-state index contributed by atoms with van der Waals surface area (Å²) >= 11 is 1.78. The van der Waals surface area contributed by atoms with Crippen molar-refractivity contribution in [3.63, 3.8) is 0 Å². The Morgan fingerprint density at radius 3 is 2.75 bits per heavy atom. The van der Waals surface area contributed by atoms with Gasteiger partial charge in [0, 0.05) is 16.3 Å². The molecular formula is C13H20N2S. The Bertz CT molecular complexity index is 351. The van der Waals surface area contributed by atoms with Crippen molar-refractivity contribution in [2.24, 2.45) is 5.73 Å². The Balaban J connectivity index is 2.65. The fraction of sp³-hybridized carbons (Fsp3) is 0.538. The average molecular weight is 236 g/mol. The summed E-state index contributed by atoms with van der Waals surface area (Å²) in [6.45, 7) is 4.83. The molecule has 16 heavy (non-hydrogen) atoms. The zero-order valence-electron chi connectivity index (χ0n) is 9.99. The van der Waals surface area contributed by atoms with Gasteiger partial charge in [0.1, 0.15) is 0 Å². The molecule has 1 heterocycles. The first-order chi connectivity index (χ1) is 7.71. The van der Waals surface area contributed by atoms with Crippen molar-refractivity contribution in [1.29, 1.82) is 0 Å². The van der Waals surface area contributed by atoms with E-state index in [-0.39, 0.29) is 12.1 Å². The zero-order chi connectivity index (χ0) is 12.0. The van der Waals surface area contributed by atoms with Crippen LogP contribution in [0.3, 0.4) is 0 Å². The monoisotopic (exact) mass is 236 g/mol. The molecule has 3 heteroatoms. The van der Waals surface area contributed by atoms with Crippen molar-refractivity contribution in [3.8, 4) is 12.3 Å². The third-order valence-electron chi connectivity index (χ3n) is 2.52. The minimum absolute atomic E-state index is 0.126. The molecule has 0 saturated heterocycles. The highest BCUT2D eigenvalue weighted by atomic mass is 32.1. The lowest BCUT2D eigenvalue weighted by Crippen LogP contribution is -2.35. The number of nitrogens with two attached hydrogens (primary N) is 1. The number of thiophene rings is 1. The lowest BCUT2D eigenvalue weighted by atomic mass is 10.1. The van der Waals surface area contributed by atoms with Gasteiger partial charge in [0.2, 0.25) is 0 Å². The second-order valence-corrected chi connectivity index (χ2v) is 5.23. The maximum atomic E-state index is 5.79. The third-order valence-corrected chi connectivity index (χ3v) is 3.64. The quantitative estimate of drug-likeness (QED) is 0.745. The zero-order valence-corrected chi connectivity index (χ0v) is 10.8. The average Bonchev–Trinajstić information content (AvgIpc) is 2.71. The van der Waals surface area contributed by atoms with Crippen LogP contribution in [0.25, 0.3) is 0 Å². The molecule has 0 aromatic carbocycles. The molecule has 88 valence electrons. The molecule has 0 aliphatic heterocycles. The highest BCUT2D eigenvalue weighted by Crippen LogP contribution is 2.22. The van der Waals surface area contributed by atoms with Crippen molar-refractivity contribution in [1.82, 2.24) is 5.32 Å². The van der Waals surface area contributed by atoms with E-state index < -0.39 is 0 Å². The van der Waals surface area contributed by atoms with Crippen molar-refractivity contribution >= 4 is 11.3 Å². The van der Waals surface area contributed by atoms with E-state index in [1.54, 1.807) is 11.3 Å². The van der Waals surface area contributed by atoms with Gasteiger partial charge in [0.25, 0.3) is 0 Å². The molecule has 0 aliphatic rings. The number of hydrogen-bond donors (Lipinski definition) is 2. The standard InChI is InChI=1S/C13H20N2S/c1-4-6-11(5-2)15-12(9-14)13-8-7-10(3)16-13/h2,7-8,11-12,15H,4,6,9,14H2,1,3H3. The van der Waals surface area contributed by atoms with Gasteiger partial charge in [-0.05, 0) is 25.5 Å². The molecule has 1 rings (SSSR count). The van der Waals surface area contributed by atoms with Gasteiger partial charge in [-0.25, -0.2) is 0 Å². The normalized spacial score (nSPS) is 14.4. The van der Waals surface area contributed by atoms with Gasteiger partial charge in [0.15, 0.2) is 0 Å². The van der Waals surface area contributed by atoms with Crippen LogP contribution in [-0.4, -0.2) is 12.6 Å². The molecule has 0 spiro atoms. The van der Waals surface area contributed by atoms with Gasteiger partial charge < -0.3 is 5.73 Å². The molecule has 1 aromatic heterocycles. The molecular weight excluding hydrogens is 216 g/mol. The molecule has 2 atom stereocenters. The lowest BCUT2D eigenvalue weighted by Gasteiger charge is -2.20. The molecule has 0 bridgehead atoms. The van der Waals surface area contributed by atoms with Crippen molar-refractivity contribution in [3.05, 3.63) is 21.9 Å². The fourth-order valence-corrected chi connectivity index (χ4v) is 2.60. The molecule has 2 nitrogen and oxygen atoms in total. The number of rotatable bonds is 6. The Labute approximate surface area is 102 Å². The van der Waals surface area contributed by atoms with Crippen LogP contribution in [0.2, 0.25) is 0 Å². The number of hydrogen-bond acceptors (Lipinski definition) is 3. The number of nitrogens with one attached hydrogen (secondary N) is 1. The predicted molar refractivity (Wildman–Crippen MR) is 71.5 cm³/mol. The van der Waals surface area contributed by atoms with E-state index in [4.69, 9.17) is 12.2 Å². The van der Waals surface area contributed by atoms with Crippen LogP contribution in [0.1, 0.15) is 35.6 Å². The minimum atomic E-state index is 0.126. The first-order valence-corrected chi connectivity index (χ1v) is 6.51. The van der Waals surface area contributed by atoms with Crippen LogP contribution in [-0.2, 0) is 0 Å². The Hall–Kier alpha value is -0.820. The number of terminal acetylenes is 1. The smallest absolute Gasteiger partial charge is 0.0692 e. The largest absolute Gasteiger partial charge is 0.329 e. The van der Waals surface area contributed by atoms with Crippen LogP contribution in [0.15, 0.2) is 12.1 Å². The van der Waals surface area contributed by atoms with Gasteiger partial charge in [-0.1, -0.05) is 19.3 Å². The summed E-state index contributed by atoms with van der Waals surface area (Å²) in [6.07, 6.45) is 7.58. The van der Waals surface area contributed by atoms with E-state index in [1.807, 2.05) is 0 Å². The summed E-state index contributed by atoms with van der Waals surface area (Å²) in [5.74, 6) is 2.78. The topological polar surface area (TPSA) is 38.0 Å². The second kappa shape index (κ2) is 6.70. The van der Waals surface area contributed by atoms with E-state index >= 15 is 0 Å². The molecule has 0 radical (unpaired) electrons. The molecule has 0 fully saturated rings. The summed E-state index contributed by atoms with van der Waals surface area (Å²) < 4.78 is 0. The second-order valence-electron chi connectivity index (χ2n) is 3.91. The van der Waals surface area contributed by atoms with Crippen LogP contribution >= 0.6 is 11.3 Å². The molecule has 3 N–H and O–H groups in total. The molecule has 0 aliphatic carbocycles. The molecule has 0 amide bonds. The Morgan fingerprint density at radius 1 is 1.56 bits per heavy atom. The molecule has 2 unspecified atom stereocenters. The van der Waals surface area contributed by atoms with E-state index in [2.05, 4.69) is 37.2 Å². The number of aryl methyl sites for hydroxylation is 1. The van der Waals surface area contributed by atoms with Crippen LogP contribution in [0.5, 0.6) is 0 Å². The van der Waals surface area contributed by atoms with Crippen LogP contribution in [0.4, 0.5) is 0 Å². The highest BCUT2D eigenvalue weighted by Gasteiger charge is 2.14. The summed E-state index contributed by atoms with van der Waals surface area (Å²) in [5.41, 5.74) is 5.79. The molecule has 1 aromatic rings. The maximum absolute atomic E-state index is 5.79. The van der Waals surface area contributed by atoms with Gasteiger partial charge in [-0.15, -0.1) is 17.8 Å². The predicted octanol–water partition coefficient (Wildman–Crippen LogP) is 2.45. The van der Waals surface area contributed by atoms with Gasteiger partial charge in [-0.2, -0.15) is 0 Å². The van der Waals surface area contributed by atoms with Crippen molar-refractivity contribution in [2.45, 2.75) is 38.8 Å². The summed E-state index contributed by atoms with van der Waals surface area (Å²) in [5, 5.41) is 3.43. The Kier molecular flexibility index (Phi) is 5.54. The summed E-state index contributed by atoms with van der Waals surface area (Å²) in [6, 6.07) is 4.56. The van der Waals surface area contributed by atoms with Crippen LogP contribution < -0.4 is 11.1 Å². The minimum Gasteiger partial charge on any atom is -0.329 e. The van der Waals surface area contributed by atoms with Crippen molar-refractivity contribution < 1.29 is 0 Å². The maximum Gasteiger partial charge on any atom is 0.0692 e. The highest BCUT2D eigenvalue weighted by molar-refractivity contribution is 7.12. The van der Waals surface area contributed by atoms with E-state index in [0.717, 1.165) is 12.8 Å². The lowest BCUT2D eigenvalue weighted by molar-refractivity contribution is 0.480. The summed E-state index contributed by atoms with van der Waals surface area (Å²) in [7, 11) is 0. The SMILES string of the molecule is C#CC(CCC)NC(CN)c1ccc(C)s1. The van der Waals surface area contributed by atoms with Gasteiger partial charge in [-0.3, -0.25) is 5.32 Å². The van der Waals surface area contributed by atoms with Crippen LogP contribution in [0, 0.1) is 19.3 Å². The van der Waals surface area contributed by atoms with Gasteiger partial charge in [0.05, 0.1) is 12.1 Å². The third kappa shape index (κ3) is 3.64. The molecule has 0 saturated carbocycles. The van der Waals surface area contributed by atoms with E-state index in [0.29, 0.717) is 6.54 Å². The van der Waals surface area contributed by atoms with E-state index in [1.165, 1.54) is 9.75 Å². The first-order valence-electron chi connectivity index (χ1n) is 5.69.